The predicted octanol–water partition coefficient (Wildman–Crippen LogP) is 0.638. The van der Waals surface area contributed by atoms with Crippen molar-refractivity contribution >= 4 is 11.8 Å². The van der Waals surface area contributed by atoms with E-state index >= 15 is 0 Å². The summed E-state index contributed by atoms with van der Waals surface area (Å²) in [6, 6.07) is 0. The van der Waals surface area contributed by atoms with Crippen molar-refractivity contribution in [2.75, 3.05) is 45.9 Å². The van der Waals surface area contributed by atoms with E-state index in [0.717, 1.165) is 32.5 Å². The first kappa shape index (κ1) is 18.6. The standard InChI is InChI=1S/C16H29N3O3/c1-4-6-12-22-14(3)16(21)19-10-8-18(9-11-19)13-15(20)17-7-5-2/h4,14H,1,5-13H2,2-3H3,(H,17,20). The summed E-state index contributed by atoms with van der Waals surface area (Å²) in [6.45, 7) is 11.8. The van der Waals surface area contributed by atoms with E-state index in [0.29, 0.717) is 26.2 Å². The lowest BCUT2D eigenvalue weighted by atomic mass is 10.2. The van der Waals surface area contributed by atoms with Crippen molar-refractivity contribution < 1.29 is 14.3 Å². The minimum Gasteiger partial charge on any atom is -0.368 e. The molecular weight excluding hydrogens is 282 g/mol. The highest BCUT2D eigenvalue weighted by molar-refractivity contribution is 5.81. The summed E-state index contributed by atoms with van der Waals surface area (Å²) in [7, 11) is 0. The van der Waals surface area contributed by atoms with Crippen molar-refractivity contribution in [2.45, 2.75) is 32.8 Å². The molecule has 0 saturated carbocycles. The fraction of sp³-hybridized carbons (Fsp3) is 0.750. The molecule has 1 heterocycles. The van der Waals surface area contributed by atoms with Gasteiger partial charge in [0.2, 0.25) is 5.91 Å². The number of rotatable bonds is 9. The molecule has 22 heavy (non-hydrogen) atoms. The van der Waals surface area contributed by atoms with Crippen LogP contribution in [0.1, 0.15) is 26.7 Å². The zero-order valence-corrected chi connectivity index (χ0v) is 13.8. The van der Waals surface area contributed by atoms with Crippen LogP contribution in [-0.2, 0) is 14.3 Å². The van der Waals surface area contributed by atoms with Crippen LogP contribution in [-0.4, -0.2) is 73.6 Å². The molecule has 1 fully saturated rings. The van der Waals surface area contributed by atoms with Gasteiger partial charge in [-0.15, -0.1) is 6.58 Å². The van der Waals surface area contributed by atoms with Gasteiger partial charge in [-0.2, -0.15) is 0 Å². The van der Waals surface area contributed by atoms with Crippen molar-refractivity contribution in [2.24, 2.45) is 0 Å². The molecule has 1 atom stereocenters. The van der Waals surface area contributed by atoms with Gasteiger partial charge in [0.25, 0.3) is 5.91 Å². The second-order valence-electron chi connectivity index (χ2n) is 5.54. The Bertz CT molecular complexity index is 366. The van der Waals surface area contributed by atoms with Crippen LogP contribution in [0.25, 0.3) is 0 Å². The molecule has 1 N–H and O–H groups in total. The molecule has 0 bridgehead atoms. The highest BCUT2D eigenvalue weighted by atomic mass is 16.5. The second-order valence-corrected chi connectivity index (χ2v) is 5.54. The smallest absolute Gasteiger partial charge is 0.251 e. The normalized spacial score (nSPS) is 17.1. The number of nitrogens with one attached hydrogen (secondary N) is 1. The summed E-state index contributed by atoms with van der Waals surface area (Å²) in [5.41, 5.74) is 0. The van der Waals surface area contributed by atoms with E-state index in [1.807, 2.05) is 11.8 Å². The molecule has 1 unspecified atom stereocenters. The average molecular weight is 311 g/mol. The molecule has 1 aliphatic heterocycles. The van der Waals surface area contributed by atoms with Crippen molar-refractivity contribution in [1.29, 1.82) is 0 Å². The zero-order valence-electron chi connectivity index (χ0n) is 13.8. The molecule has 6 heteroatoms. The molecule has 1 rings (SSSR count). The number of nitrogens with zero attached hydrogens (tertiary/aromatic N) is 2. The molecular formula is C16H29N3O3. The van der Waals surface area contributed by atoms with Crippen LogP contribution in [0.3, 0.4) is 0 Å². The fourth-order valence-corrected chi connectivity index (χ4v) is 2.31. The molecule has 0 radical (unpaired) electrons. The number of hydrogen-bond donors (Lipinski definition) is 1. The first-order valence-corrected chi connectivity index (χ1v) is 8.08. The van der Waals surface area contributed by atoms with Crippen molar-refractivity contribution in [1.82, 2.24) is 15.1 Å². The van der Waals surface area contributed by atoms with Gasteiger partial charge in [0.15, 0.2) is 0 Å². The monoisotopic (exact) mass is 311 g/mol. The van der Waals surface area contributed by atoms with Crippen LogP contribution in [0.5, 0.6) is 0 Å². The van der Waals surface area contributed by atoms with Crippen LogP contribution in [0, 0.1) is 0 Å². The summed E-state index contributed by atoms with van der Waals surface area (Å²) in [5.74, 6) is 0.0851. The van der Waals surface area contributed by atoms with E-state index in [4.69, 9.17) is 4.74 Å². The van der Waals surface area contributed by atoms with Crippen LogP contribution in [0.15, 0.2) is 12.7 Å². The molecule has 0 aromatic heterocycles. The summed E-state index contributed by atoms with van der Waals surface area (Å²) in [6.07, 6.45) is 3.05. The Morgan fingerprint density at radius 2 is 2.00 bits per heavy atom. The highest BCUT2D eigenvalue weighted by Gasteiger charge is 2.25. The third kappa shape index (κ3) is 6.58. The van der Waals surface area contributed by atoms with E-state index in [-0.39, 0.29) is 11.8 Å². The number of ether oxygens (including phenoxy) is 1. The lowest BCUT2D eigenvalue weighted by molar-refractivity contribution is -0.144. The van der Waals surface area contributed by atoms with Gasteiger partial charge in [0.1, 0.15) is 6.10 Å². The van der Waals surface area contributed by atoms with Crippen LogP contribution >= 0.6 is 0 Å². The van der Waals surface area contributed by atoms with E-state index in [1.165, 1.54) is 0 Å². The minimum absolute atomic E-state index is 0.0270. The van der Waals surface area contributed by atoms with E-state index in [1.54, 1.807) is 13.0 Å². The zero-order chi connectivity index (χ0) is 16.4. The van der Waals surface area contributed by atoms with Gasteiger partial charge in [-0.25, -0.2) is 0 Å². The lowest BCUT2D eigenvalue weighted by Gasteiger charge is -2.35. The number of piperazine rings is 1. The summed E-state index contributed by atoms with van der Waals surface area (Å²) >= 11 is 0. The van der Waals surface area contributed by atoms with Gasteiger partial charge in [0.05, 0.1) is 13.2 Å². The van der Waals surface area contributed by atoms with Gasteiger partial charge in [-0.05, 0) is 19.8 Å². The summed E-state index contributed by atoms with van der Waals surface area (Å²) < 4.78 is 5.49. The van der Waals surface area contributed by atoms with Crippen LogP contribution in [0.4, 0.5) is 0 Å². The number of hydrogen-bond acceptors (Lipinski definition) is 4. The Balaban J connectivity index is 2.27. The molecule has 1 saturated heterocycles. The van der Waals surface area contributed by atoms with Crippen molar-refractivity contribution in [3.05, 3.63) is 12.7 Å². The second kappa shape index (κ2) is 10.3. The van der Waals surface area contributed by atoms with Crippen LogP contribution < -0.4 is 5.32 Å². The first-order valence-electron chi connectivity index (χ1n) is 8.08. The number of carbonyl (C=O) groups excluding carboxylic acids is 2. The minimum atomic E-state index is -0.417. The molecule has 126 valence electrons. The van der Waals surface area contributed by atoms with Crippen molar-refractivity contribution in [3.63, 3.8) is 0 Å². The molecule has 0 aromatic carbocycles. The SMILES string of the molecule is C=CCCOC(C)C(=O)N1CCN(CC(=O)NCCC)CC1. The highest BCUT2D eigenvalue weighted by Crippen LogP contribution is 2.06. The molecule has 2 amide bonds. The maximum absolute atomic E-state index is 12.2. The topological polar surface area (TPSA) is 61.9 Å². The first-order chi connectivity index (χ1) is 10.6. The molecule has 0 spiro atoms. The summed E-state index contributed by atoms with van der Waals surface area (Å²) in [4.78, 5) is 27.8. The number of carbonyl (C=O) groups is 2. The predicted molar refractivity (Wildman–Crippen MR) is 86.5 cm³/mol. The Kier molecular flexibility index (Phi) is 8.77. The molecule has 0 aliphatic carbocycles. The molecule has 0 aromatic rings. The Morgan fingerprint density at radius 1 is 1.32 bits per heavy atom. The van der Waals surface area contributed by atoms with Gasteiger partial charge in [-0.3, -0.25) is 14.5 Å². The van der Waals surface area contributed by atoms with E-state index in [2.05, 4.69) is 16.8 Å². The van der Waals surface area contributed by atoms with Gasteiger partial charge in [-0.1, -0.05) is 13.0 Å². The number of amides is 2. The fourth-order valence-electron chi connectivity index (χ4n) is 2.31. The Labute approximate surface area is 133 Å². The van der Waals surface area contributed by atoms with E-state index < -0.39 is 6.10 Å². The van der Waals surface area contributed by atoms with Gasteiger partial charge in [0, 0.05) is 32.7 Å². The van der Waals surface area contributed by atoms with E-state index in [9.17, 15) is 9.59 Å². The molecule has 6 nitrogen and oxygen atoms in total. The summed E-state index contributed by atoms with van der Waals surface area (Å²) in [5, 5.41) is 2.87. The maximum Gasteiger partial charge on any atom is 0.251 e. The largest absolute Gasteiger partial charge is 0.368 e. The Hall–Kier alpha value is -1.40. The van der Waals surface area contributed by atoms with Crippen LogP contribution in [0.2, 0.25) is 0 Å². The van der Waals surface area contributed by atoms with Gasteiger partial charge >= 0.3 is 0 Å². The lowest BCUT2D eigenvalue weighted by Crippen LogP contribution is -2.53. The Morgan fingerprint density at radius 3 is 2.59 bits per heavy atom. The quantitative estimate of drug-likeness (QED) is 0.501. The third-order valence-electron chi connectivity index (χ3n) is 3.66. The third-order valence-corrected chi connectivity index (χ3v) is 3.66. The maximum atomic E-state index is 12.2. The average Bonchev–Trinajstić information content (AvgIpc) is 2.53. The van der Waals surface area contributed by atoms with Crippen molar-refractivity contribution in [3.8, 4) is 0 Å². The van der Waals surface area contributed by atoms with Gasteiger partial charge < -0.3 is 15.0 Å². The molecule has 1 aliphatic rings.